The highest BCUT2D eigenvalue weighted by Gasteiger charge is 2.32. The lowest BCUT2D eigenvalue weighted by Gasteiger charge is -2.27. The Kier molecular flexibility index (Phi) is 5.92. The molecular formula is C15H20BrNO4. The first-order chi connectivity index (χ1) is 9.60. The fourth-order valence-corrected chi connectivity index (χ4v) is 2.18. The van der Waals surface area contributed by atoms with E-state index in [-0.39, 0.29) is 6.42 Å². The van der Waals surface area contributed by atoms with E-state index in [2.05, 4.69) is 15.9 Å². The van der Waals surface area contributed by atoms with E-state index >= 15 is 0 Å². The minimum Gasteiger partial charge on any atom is -0.481 e. The number of aliphatic carboxylic acids is 1. The van der Waals surface area contributed by atoms with E-state index in [1.165, 1.54) is 0 Å². The van der Waals surface area contributed by atoms with Gasteiger partial charge in [0.1, 0.15) is 5.60 Å². The largest absolute Gasteiger partial charge is 0.481 e. The van der Waals surface area contributed by atoms with Gasteiger partial charge in [-0.1, -0.05) is 28.1 Å². The Balaban J connectivity index is 3.07. The quantitative estimate of drug-likeness (QED) is 0.790. The topological polar surface area (TPSA) is 89.6 Å². The molecule has 0 bridgehead atoms. The van der Waals surface area contributed by atoms with Gasteiger partial charge in [0, 0.05) is 10.5 Å². The molecule has 0 unspecified atom stereocenters. The number of carbonyl (C=O) groups is 2. The highest BCUT2D eigenvalue weighted by Crippen LogP contribution is 2.26. The molecule has 21 heavy (non-hydrogen) atoms. The predicted molar refractivity (Wildman–Crippen MR) is 83.0 cm³/mol. The number of rotatable bonds is 5. The molecule has 1 rings (SSSR count). The fraction of sp³-hybridized carbons (Fsp3) is 0.467. The molecule has 0 aliphatic carbocycles. The molecule has 0 amide bonds. The summed E-state index contributed by atoms with van der Waals surface area (Å²) in [6.45, 7) is 5.27. The molecule has 1 aromatic rings. The molecule has 3 N–H and O–H groups in total. The molecule has 116 valence electrons. The molecule has 0 spiro atoms. The summed E-state index contributed by atoms with van der Waals surface area (Å²) < 4.78 is 6.23. The Morgan fingerprint density at radius 2 is 1.81 bits per heavy atom. The molecule has 0 heterocycles. The summed E-state index contributed by atoms with van der Waals surface area (Å²) in [6.07, 6.45) is -0.306. The molecule has 0 fully saturated rings. The lowest BCUT2D eigenvalue weighted by atomic mass is 9.90. The molecule has 5 nitrogen and oxygen atoms in total. The van der Waals surface area contributed by atoms with Crippen molar-refractivity contribution < 1.29 is 19.4 Å². The maximum absolute atomic E-state index is 12.4. The van der Waals surface area contributed by atoms with Crippen LogP contribution in [0, 0.1) is 0 Å². The van der Waals surface area contributed by atoms with Crippen molar-refractivity contribution in [1.82, 2.24) is 0 Å². The third-order valence-corrected chi connectivity index (χ3v) is 3.26. The van der Waals surface area contributed by atoms with Crippen molar-refractivity contribution in [3.05, 3.63) is 34.3 Å². The Morgan fingerprint density at radius 1 is 1.29 bits per heavy atom. The van der Waals surface area contributed by atoms with Crippen LogP contribution in [-0.2, 0) is 14.3 Å². The molecule has 0 aromatic heterocycles. The second kappa shape index (κ2) is 7.04. The first-order valence-electron chi connectivity index (χ1n) is 6.56. The minimum atomic E-state index is -1.05. The average molecular weight is 358 g/mol. The lowest BCUT2D eigenvalue weighted by molar-refractivity contribution is -0.157. The number of carboxylic acid groups (broad SMARTS) is 1. The summed E-state index contributed by atoms with van der Waals surface area (Å²) >= 11 is 3.32. The lowest BCUT2D eigenvalue weighted by Crippen LogP contribution is -2.39. The van der Waals surface area contributed by atoms with Gasteiger partial charge in [-0.2, -0.15) is 0 Å². The number of halogens is 1. The number of esters is 1. The molecule has 6 heteroatoms. The van der Waals surface area contributed by atoms with Gasteiger partial charge >= 0.3 is 11.9 Å². The normalized spacial score (nSPS) is 14.3. The first-order valence-corrected chi connectivity index (χ1v) is 7.35. The van der Waals surface area contributed by atoms with E-state index < -0.39 is 29.5 Å². The van der Waals surface area contributed by atoms with E-state index in [4.69, 9.17) is 15.6 Å². The highest BCUT2D eigenvalue weighted by molar-refractivity contribution is 9.10. The molecule has 0 aliphatic heterocycles. The third-order valence-electron chi connectivity index (χ3n) is 2.73. The molecule has 2 atom stereocenters. The van der Waals surface area contributed by atoms with Crippen molar-refractivity contribution >= 4 is 27.9 Å². The maximum Gasteiger partial charge on any atom is 0.315 e. The molecular weight excluding hydrogens is 338 g/mol. The van der Waals surface area contributed by atoms with Crippen molar-refractivity contribution in [1.29, 1.82) is 0 Å². The second-order valence-corrected chi connectivity index (χ2v) is 6.74. The highest BCUT2D eigenvalue weighted by atomic mass is 79.9. The van der Waals surface area contributed by atoms with Crippen molar-refractivity contribution in [2.24, 2.45) is 5.73 Å². The Bertz CT molecular complexity index is 507. The zero-order valence-corrected chi connectivity index (χ0v) is 13.9. The molecule has 0 aliphatic rings. The molecule has 0 radical (unpaired) electrons. The van der Waals surface area contributed by atoms with Crippen LogP contribution in [0.2, 0.25) is 0 Å². The summed E-state index contributed by atoms with van der Waals surface area (Å²) in [5.41, 5.74) is 5.90. The van der Waals surface area contributed by atoms with E-state index in [0.717, 1.165) is 4.47 Å². The first kappa shape index (κ1) is 17.7. The van der Waals surface area contributed by atoms with Gasteiger partial charge in [-0.25, -0.2) is 0 Å². The standard InChI is InChI=1S/C15H20BrNO4/c1-15(2,3)21-14(20)13(11(17)8-12(18)19)9-4-6-10(16)7-5-9/h4-7,11,13H,8,17H2,1-3H3,(H,18,19)/t11-,13-/m0/s1. The number of carboxylic acids is 1. The third kappa shape index (κ3) is 5.85. The van der Waals surface area contributed by atoms with E-state index in [1.54, 1.807) is 45.0 Å². The number of ether oxygens (including phenoxy) is 1. The van der Waals surface area contributed by atoms with Crippen LogP contribution in [0.15, 0.2) is 28.7 Å². The van der Waals surface area contributed by atoms with Gasteiger partial charge in [-0.3, -0.25) is 9.59 Å². The van der Waals surface area contributed by atoms with Gasteiger partial charge in [0.15, 0.2) is 0 Å². The van der Waals surface area contributed by atoms with E-state index in [0.29, 0.717) is 5.56 Å². The van der Waals surface area contributed by atoms with Crippen LogP contribution in [0.25, 0.3) is 0 Å². The van der Waals surface area contributed by atoms with Gasteiger partial charge in [0.2, 0.25) is 0 Å². The van der Waals surface area contributed by atoms with E-state index in [9.17, 15) is 9.59 Å². The van der Waals surface area contributed by atoms with Gasteiger partial charge in [-0.05, 0) is 38.5 Å². The Morgan fingerprint density at radius 3 is 2.24 bits per heavy atom. The second-order valence-electron chi connectivity index (χ2n) is 5.82. The van der Waals surface area contributed by atoms with Crippen molar-refractivity contribution in [3.8, 4) is 0 Å². The van der Waals surface area contributed by atoms with Gasteiger partial charge < -0.3 is 15.6 Å². The summed E-state index contributed by atoms with van der Waals surface area (Å²) in [5, 5.41) is 8.90. The number of nitrogens with two attached hydrogens (primary N) is 1. The zero-order valence-electron chi connectivity index (χ0n) is 12.3. The van der Waals surface area contributed by atoms with Crippen LogP contribution in [0.5, 0.6) is 0 Å². The number of carbonyl (C=O) groups excluding carboxylic acids is 1. The summed E-state index contributed by atoms with van der Waals surface area (Å²) in [7, 11) is 0. The van der Waals surface area contributed by atoms with Gasteiger partial charge in [0.25, 0.3) is 0 Å². The maximum atomic E-state index is 12.4. The Labute approximate surface area is 132 Å². The van der Waals surface area contributed by atoms with Crippen LogP contribution in [-0.4, -0.2) is 28.7 Å². The van der Waals surface area contributed by atoms with Crippen LogP contribution in [0.3, 0.4) is 0 Å². The van der Waals surface area contributed by atoms with Crippen LogP contribution in [0.4, 0.5) is 0 Å². The molecule has 0 saturated heterocycles. The van der Waals surface area contributed by atoms with Crippen LogP contribution < -0.4 is 5.73 Å². The van der Waals surface area contributed by atoms with Gasteiger partial charge in [-0.15, -0.1) is 0 Å². The number of benzene rings is 1. The van der Waals surface area contributed by atoms with Gasteiger partial charge in [0.05, 0.1) is 12.3 Å². The fourth-order valence-electron chi connectivity index (χ4n) is 1.91. The molecule has 1 aromatic carbocycles. The summed E-state index contributed by atoms with van der Waals surface area (Å²) in [6, 6.07) is 6.18. The zero-order chi connectivity index (χ0) is 16.2. The summed E-state index contributed by atoms with van der Waals surface area (Å²) in [4.78, 5) is 23.2. The van der Waals surface area contributed by atoms with Crippen molar-refractivity contribution in [3.63, 3.8) is 0 Å². The smallest absolute Gasteiger partial charge is 0.315 e. The van der Waals surface area contributed by atoms with Crippen LogP contribution in [0.1, 0.15) is 38.7 Å². The monoisotopic (exact) mass is 357 g/mol. The van der Waals surface area contributed by atoms with Crippen LogP contribution >= 0.6 is 15.9 Å². The SMILES string of the molecule is CC(C)(C)OC(=O)[C@@H](c1ccc(Br)cc1)[C@@H](N)CC(=O)O. The minimum absolute atomic E-state index is 0.306. The number of hydrogen-bond donors (Lipinski definition) is 2. The van der Waals surface area contributed by atoms with E-state index in [1.807, 2.05) is 0 Å². The Hall–Kier alpha value is -1.40. The molecule has 0 saturated carbocycles. The van der Waals surface area contributed by atoms with Crippen molar-refractivity contribution in [2.75, 3.05) is 0 Å². The summed E-state index contributed by atoms with van der Waals surface area (Å²) in [5.74, 6) is -2.37. The number of hydrogen-bond acceptors (Lipinski definition) is 4. The average Bonchev–Trinajstić information content (AvgIpc) is 2.28. The van der Waals surface area contributed by atoms with Crippen molar-refractivity contribution in [2.45, 2.75) is 44.8 Å². The predicted octanol–water partition coefficient (Wildman–Crippen LogP) is 2.68.